The van der Waals surface area contributed by atoms with Gasteiger partial charge in [0.25, 0.3) is 0 Å². The summed E-state index contributed by atoms with van der Waals surface area (Å²) in [6, 6.07) is 7.09. The van der Waals surface area contributed by atoms with Gasteiger partial charge in [0.1, 0.15) is 6.04 Å². The fourth-order valence-electron chi connectivity index (χ4n) is 1.97. The Balaban J connectivity index is 2.13. The second kappa shape index (κ2) is 6.56. The number of rotatable bonds is 5. The summed E-state index contributed by atoms with van der Waals surface area (Å²) in [4.78, 5) is 23.5. The van der Waals surface area contributed by atoms with Crippen LogP contribution in [-0.2, 0) is 4.79 Å². The van der Waals surface area contributed by atoms with Gasteiger partial charge in [0.15, 0.2) is 0 Å². The first-order valence-electron chi connectivity index (χ1n) is 6.48. The molecule has 0 spiro atoms. The Morgan fingerprint density at radius 1 is 1.19 bits per heavy atom. The second-order valence-corrected chi connectivity index (χ2v) is 4.61. The second-order valence-electron chi connectivity index (χ2n) is 4.61. The Morgan fingerprint density at radius 3 is 2.48 bits per heavy atom. The molecule has 1 heterocycles. The lowest BCUT2D eigenvalue weighted by molar-refractivity contribution is -0.123. The zero-order valence-corrected chi connectivity index (χ0v) is 11.5. The molecular weight excluding hydrogens is 270 g/mol. The van der Waals surface area contributed by atoms with Crippen LogP contribution in [-0.4, -0.2) is 22.1 Å². The molecule has 7 heteroatoms. The fourth-order valence-corrected chi connectivity index (χ4v) is 1.97. The van der Waals surface area contributed by atoms with Crippen molar-refractivity contribution in [3.05, 3.63) is 53.9 Å². The van der Waals surface area contributed by atoms with E-state index in [4.69, 9.17) is 5.73 Å². The minimum atomic E-state index is -0.835. The fraction of sp³-hybridized carbons (Fsp3) is 0.214. The maximum absolute atomic E-state index is 12.4. The first-order valence-corrected chi connectivity index (χ1v) is 6.48. The highest BCUT2D eigenvalue weighted by molar-refractivity contribution is 5.87. The summed E-state index contributed by atoms with van der Waals surface area (Å²) in [6.45, 7) is 1.83. The number of amides is 3. The zero-order chi connectivity index (χ0) is 15.2. The van der Waals surface area contributed by atoms with Gasteiger partial charge in [-0.2, -0.15) is 5.10 Å². The molecule has 0 radical (unpaired) electrons. The van der Waals surface area contributed by atoms with Crippen molar-refractivity contribution >= 4 is 11.9 Å². The smallest absolute Gasteiger partial charge is 0.313 e. The first kappa shape index (κ1) is 14.6. The number of nitrogens with two attached hydrogens (primary N) is 1. The van der Waals surface area contributed by atoms with E-state index in [-0.39, 0.29) is 11.9 Å². The van der Waals surface area contributed by atoms with Crippen molar-refractivity contribution in [1.82, 2.24) is 20.8 Å². The molecule has 0 saturated heterocycles. The molecule has 0 saturated carbocycles. The first-order chi connectivity index (χ1) is 10.1. The van der Waals surface area contributed by atoms with Crippen molar-refractivity contribution in [2.24, 2.45) is 5.73 Å². The highest BCUT2D eigenvalue weighted by Crippen LogP contribution is 2.16. The van der Waals surface area contributed by atoms with E-state index >= 15 is 0 Å². The van der Waals surface area contributed by atoms with Crippen LogP contribution in [0.2, 0.25) is 0 Å². The highest BCUT2D eigenvalue weighted by atomic mass is 16.2. The predicted octanol–water partition coefficient (Wildman–Crippen LogP) is 0.996. The molecule has 2 unspecified atom stereocenters. The summed E-state index contributed by atoms with van der Waals surface area (Å²) in [5.41, 5.74) is 6.65. The number of nitrogens with zero attached hydrogens (tertiary/aromatic N) is 1. The number of primary amides is 1. The number of benzene rings is 1. The van der Waals surface area contributed by atoms with Crippen molar-refractivity contribution in [2.75, 3.05) is 0 Å². The summed E-state index contributed by atoms with van der Waals surface area (Å²) in [7, 11) is 0. The lowest BCUT2D eigenvalue weighted by atomic mass is 10.1. The van der Waals surface area contributed by atoms with E-state index in [1.165, 1.54) is 0 Å². The van der Waals surface area contributed by atoms with Crippen LogP contribution in [0, 0.1) is 0 Å². The highest BCUT2D eigenvalue weighted by Gasteiger charge is 2.23. The summed E-state index contributed by atoms with van der Waals surface area (Å²) >= 11 is 0. The standard InChI is InChI=1S/C14H17N5O2/c1-9(11-7-16-17-8-11)18-13(20)12(19-14(15)21)10-5-3-2-4-6-10/h2-9,12H,1H3,(H,16,17)(H,18,20)(H3,15,19,21). The number of carbonyl (C=O) groups is 2. The number of hydrogen-bond donors (Lipinski definition) is 4. The van der Waals surface area contributed by atoms with Gasteiger partial charge in [-0.1, -0.05) is 30.3 Å². The number of aromatic amines is 1. The minimum absolute atomic E-state index is 0.239. The third-order valence-electron chi connectivity index (χ3n) is 3.06. The van der Waals surface area contributed by atoms with Crippen LogP contribution in [0.15, 0.2) is 42.7 Å². The molecule has 0 aliphatic carbocycles. The van der Waals surface area contributed by atoms with E-state index in [9.17, 15) is 9.59 Å². The Bertz CT molecular complexity index is 597. The van der Waals surface area contributed by atoms with Gasteiger partial charge in [-0.3, -0.25) is 9.89 Å². The van der Waals surface area contributed by atoms with E-state index in [0.29, 0.717) is 5.56 Å². The molecule has 0 aliphatic rings. The van der Waals surface area contributed by atoms with Gasteiger partial charge in [-0.05, 0) is 12.5 Å². The summed E-state index contributed by atoms with van der Waals surface area (Å²) in [5, 5.41) is 11.8. The number of hydrogen-bond acceptors (Lipinski definition) is 3. The van der Waals surface area contributed by atoms with E-state index in [1.54, 1.807) is 36.7 Å². The monoisotopic (exact) mass is 287 g/mol. The molecule has 21 heavy (non-hydrogen) atoms. The van der Waals surface area contributed by atoms with Gasteiger partial charge in [0.05, 0.1) is 12.2 Å². The van der Waals surface area contributed by atoms with Crippen LogP contribution in [0.4, 0.5) is 4.79 Å². The van der Waals surface area contributed by atoms with Gasteiger partial charge in [0.2, 0.25) is 5.91 Å². The molecule has 2 aromatic rings. The number of nitrogens with one attached hydrogen (secondary N) is 3. The largest absolute Gasteiger partial charge is 0.352 e. The molecule has 1 aromatic heterocycles. The van der Waals surface area contributed by atoms with Crippen LogP contribution >= 0.6 is 0 Å². The molecule has 110 valence electrons. The van der Waals surface area contributed by atoms with Gasteiger partial charge in [-0.15, -0.1) is 0 Å². The van der Waals surface area contributed by atoms with Crippen molar-refractivity contribution in [3.8, 4) is 0 Å². The number of carbonyl (C=O) groups excluding carboxylic acids is 2. The third kappa shape index (κ3) is 3.82. The Hall–Kier alpha value is -2.83. The molecule has 1 aromatic carbocycles. The van der Waals surface area contributed by atoms with E-state index in [1.807, 2.05) is 13.0 Å². The Labute approximate surface area is 121 Å². The van der Waals surface area contributed by atoms with Gasteiger partial charge in [-0.25, -0.2) is 4.79 Å². The predicted molar refractivity (Wildman–Crippen MR) is 77.0 cm³/mol. The molecule has 0 aliphatic heterocycles. The maximum Gasteiger partial charge on any atom is 0.313 e. The summed E-state index contributed by atoms with van der Waals surface area (Å²) in [5.74, 6) is -0.339. The SMILES string of the molecule is CC(NC(=O)C(NC(N)=O)c1ccccc1)c1cn[nH]c1. The van der Waals surface area contributed by atoms with Gasteiger partial charge >= 0.3 is 6.03 Å². The molecule has 5 N–H and O–H groups in total. The normalized spacial score (nSPS) is 13.2. The maximum atomic E-state index is 12.4. The van der Waals surface area contributed by atoms with Crippen molar-refractivity contribution in [2.45, 2.75) is 19.0 Å². The molecule has 0 bridgehead atoms. The Kier molecular flexibility index (Phi) is 4.55. The third-order valence-corrected chi connectivity index (χ3v) is 3.06. The molecule has 3 amide bonds. The van der Waals surface area contributed by atoms with E-state index < -0.39 is 12.1 Å². The minimum Gasteiger partial charge on any atom is -0.352 e. The van der Waals surface area contributed by atoms with E-state index in [2.05, 4.69) is 20.8 Å². The molecule has 2 atom stereocenters. The lowest BCUT2D eigenvalue weighted by Gasteiger charge is -2.20. The van der Waals surface area contributed by atoms with Crippen molar-refractivity contribution in [1.29, 1.82) is 0 Å². The average Bonchev–Trinajstić information content (AvgIpc) is 2.99. The summed E-state index contributed by atoms with van der Waals surface area (Å²) < 4.78 is 0. The lowest BCUT2D eigenvalue weighted by Crippen LogP contribution is -2.43. The average molecular weight is 287 g/mol. The van der Waals surface area contributed by atoms with Gasteiger partial charge < -0.3 is 16.4 Å². The molecular formula is C14H17N5O2. The topological polar surface area (TPSA) is 113 Å². The van der Waals surface area contributed by atoms with Crippen LogP contribution in [0.5, 0.6) is 0 Å². The molecule has 7 nitrogen and oxygen atoms in total. The number of H-pyrrole nitrogens is 1. The quantitative estimate of drug-likeness (QED) is 0.657. The van der Waals surface area contributed by atoms with Crippen molar-refractivity contribution in [3.63, 3.8) is 0 Å². The zero-order valence-electron chi connectivity index (χ0n) is 11.5. The van der Waals surface area contributed by atoms with Crippen LogP contribution in [0.25, 0.3) is 0 Å². The number of aromatic nitrogens is 2. The molecule has 2 rings (SSSR count). The van der Waals surface area contributed by atoms with E-state index in [0.717, 1.165) is 5.56 Å². The van der Waals surface area contributed by atoms with Gasteiger partial charge in [0, 0.05) is 11.8 Å². The van der Waals surface area contributed by atoms with Crippen LogP contribution in [0.3, 0.4) is 0 Å². The molecule has 0 fully saturated rings. The number of urea groups is 1. The Morgan fingerprint density at radius 2 is 1.90 bits per heavy atom. The van der Waals surface area contributed by atoms with Crippen LogP contribution < -0.4 is 16.4 Å². The summed E-state index contributed by atoms with van der Waals surface area (Å²) in [6.07, 6.45) is 3.33. The van der Waals surface area contributed by atoms with Crippen molar-refractivity contribution < 1.29 is 9.59 Å². The van der Waals surface area contributed by atoms with Crippen LogP contribution in [0.1, 0.15) is 30.1 Å².